The van der Waals surface area contributed by atoms with Gasteiger partial charge < -0.3 is 4.74 Å². The number of ether oxygens (including phenoxy) is 1. The molecule has 1 radical (unpaired) electrons. The summed E-state index contributed by atoms with van der Waals surface area (Å²) in [7, 11) is 0. The molecule has 0 saturated heterocycles. The molecule has 3 nitrogen and oxygen atoms in total. The highest BCUT2D eigenvalue weighted by Crippen LogP contribution is 2.17. The molecule has 0 aliphatic carbocycles. The number of esters is 1. The molecule has 0 heterocycles. The van der Waals surface area contributed by atoms with E-state index in [1.807, 2.05) is 6.29 Å². The van der Waals surface area contributed by atoms with Gasteiger partial charge in [-0.1, -0.05) is 187 Å². The first-order chi connectivity index (χ1) is 19.7. The van der Waals surface area contributed by atoms with Gasteiger partial charge in [0.25, 0.3) is 0 Å². The first-order valence-corrected chi connectivity index (χ1v) is 18.3. The lowest BCUT2D eigenvalue weighted by Gasteiger charge is -2.15. The van der Waals surface area contributed by atoms with Crippen LogP contribution in [-0.4, -0.2) is 18.4 Å². The first kappa shape index (κ1) is 39.1. The van der Waals surface area contributed by atoms with Crippen LogP contribution in [0.25, 0.3) is 0 Å². The van der Waals surface area contributed by atoms with E-state index in [0.29, 0.717) is 6.42 Å². The van der Waals surface area contributed by atoms with Crippen molar-refractivity contribution >= 4 is 12.3 Å². The molecule has 0 aliphatic rings. The lowest BCUT2D eigenvalue weighted by atomic mass is 10.0. The molecule has 0 aromatic carbocycles. The van der Waals surface area contributed by atoms with Gasteiger partial charge in [-0.2, -0.15) is 0 Å². The summed E-state index contributed by atoms with van der Waals surface area (Å²) >= 11 is 0. The standard InChI is InChI=1S/C37H71O3/c1-3-5-7-9-11-13-15-16-17-18-19-20-21-22-23-25-27-29-31-33-37(39)40-36(34-35-38)32-30-28-26-24-14-12-10-8-6-4-2/h36H,3-34H2,1-2H3. The van der Waals surface area contributed by atoms with Crippen molar-refractivity contribution in [2.75, 3.05) is 0 Å². The van der Waals surface area contributed by atoms with Gasteiger partial charge in [-0.05, 0) is 19.3 Å². The molecule has 0 aromatic heterocycles. The number of hydrogen-bond acceptors (Lipinski definition) is 3. The summed E-state index contributed by atoms with van der Waals surface area (Å²) < 4.78 is 5.61. The molecule has 1 atom stereocenters. The maximum Gasteiger partial charge on any atom is 0.306 e. The molecule has 3 heteroatoms. The van der Waals surface area contributed by atoms with Crippen LogP contribution >= 0.6 is 0 Å². The summed E-state index contributed by atoms with van der Waals surface area (Å²) in [5.74, 6) is -0.126. The van der Waals surface area contributed by atoms with E-state index in [1.54, 1.807) is 0 Å². The Bertz CT molecular complexity index is 504. The minimum atomic E-state index is -0.264. The molecule has 40 heavy (non-hydrogen) atoms. The number of carbonyl (C=O) groups excluding carboxylic acids is 2. The van der Waals surface area contributed by atoms with Crippen LogP contribution in [-0.2, 0) is 14.3 Å². The van der Waals surface area contributed by atoms with Gasteiger partial charge in [0.15, 0.2) is 0 Å². The maximum absolute atomic E-state index is 12.2. The third-order valence-electron chi connectivity index (χ3n) is 8.47. The first-order valence-electron chi connectivity index (χ1n) is 18.3. The second kappa shape index (κ2) is 34.3. The van der Waals surface area contributed by atoms with Crippen LogP contribution in [0.1, 0.15) is 219 Å². The largest absolute Gasteiger partial charge is 0.462 e. The van der Waals surface area contributed by atoms with Gasteiger partial charge in [-0.3, -0.25) is 9.59 Å². The number of unbranched alkanes of at least 4 members (excludes halogenated alkanes) is 27. The van der Waals surface area contributed by atoms with Crippen LogP contribution in [0.3, 0.4) is 0 Å². The van der Waals surface area contributed by atoms with Crippen molar-refractivity contribution in [2.45, 2.75) is 225 Å². The molecule has 237 valence electrons. The van der Waals surface area contributed by atoms with Gasteiger partial charge in [-0.25, -0.2) is 0 Å². The van der Waals surface area contributed by atoms with E-state index >= 15 is 0 Å². The summed E-state index contributed by atoms with van der Waals surface area (Å²) in [6, 6.07) is 0. The zero-order chi connectivity index (χ0) is 29.2. The molecule has 0 spiro atoms. The van der Waals surface area contributed by atoms with Crippen molar-refractivity contribution in [3.63, 3.8) is 0 Å². The van der Waals surface area contributed by atoms with Crippen molar-refractivity contribution in [2.24, 2.45) is 0 Å². The smallest absolute Gasteiger partial charge is 0.306 e. The number of carbonyl (C=O) groups is 1. The summed E-state index contributed by atoms with van der Waals surface area (Å²) in [5.41, 5.74) is 0. The van der Waals surface area contributed by atoms with E-state index in [4.69, 9.17) is 4.74 Å². The second-order valence-corrected chi connectivity index (χ2v) is 12.5. The third-order valence-corrected chi connectivity index (χ3v) is 8.47. The van der Waals surface area contributed by atoms with E-state index in [0.717, 1.165) is 25.7 Å². The Labute approximate surface area is 251 Å². The topological polar surface area (TPSA) is 43.4 Å². The van der Waals surface area contributed by atoms with Gasteiger partial charge in [0.1, 0.15) is 6.10 Å². The van der Waals surface area contributed by atoms with Crippen molar-refractivity contribution in [3.8, 4) is 0 Å². The summed E-state index contributed by atoms with van der Waals surface area (Å²) in [5, 5.41) is 0. The van der Waals surface area contributed by atoms with Gasteiger partial charge in [0.2, 0.25) is 6.29 Å². The van der Waals surface area contributed by atoms with E-state index in [2.05, 4.69) is 13.8 Å². The van der Waals surface area contributed by atoms with Crippen molar-refractivity contribution in [3.05, 3.63) is 0 Å². The third kappa shape index (κ3) is 31.7. The van der Waals surface area contributed by atoms with Gasteiger partial charge in [0, 0.05) is 6.42 Å². The molecule has 0 saturated carbocycles. The maximum atomic E-state index is 12.2. The van der Waals surface area contributed by atoms with Crippen molar-refractivity contribution in [1.29, 1.82) is 0 Å². The Kier molecular flexibility index (Phi) is 33.6. The summed E-state index contributed by atoms with van der Waals surface area (Å²) in [6.45, 7) is 4.55. The van der Waals surface area contributed by atoms with E-state index in [9.17, 15) is 9.59 Å². The monoisotopic (exact) mass is 564 g/mol. The quantitative estimate of drug-likeness (QED) is 0.0577. The van der Waals surface area contributed by atoms with Crippen LogP contribution in [0, 0.1) is 0 Å². The molecular weight excluding hydrogens is 492 g/mol. The Morgan fingerprint density at radius 3 is 1.10 bits per heavy atom. The number of hydrogen-bond donors (Lipinski definition) is 0. The zero-order valence-corrected chi connectivity index (χ0v) is 27.4. The fraction of sp³-hybridized carbons (Fsp3) is 0.946. The van der Waals surface area contributed by atoms with Crippen LogP contribution in [0.4, 0.5) is 0 Å². The Morgan fingerprint density at radius 2 is 0.775 bits per heavy atom. The fourth-order valence-electron chi connectivity index (χ4n) is 5.75. The van der Waals surface area contributed by atoms with Crippen LogP contribution in [0.5, 0.6) is 0 Å². The molecule has 0 N–H and O–H groups in total. The Balaban J connectivity index is 3.45. The van der Waals surface area contributed by atoms with Crippen LogP contribution in [0.2, 0.25) is 0 Å². The second-order valence-electron chi connectivity index (χ2n) is 12.5. The van der Waals surface area contributed by atoms with Gasteiger partial charge in [-0.15, -0.1) is 0 Å². The molecule has 0 aromatic rings. The normalized spacial score (nSPS) is 12.1. The molecule has 0 fully saturated rings. The van der Waals surface area contributed by atoms with Crippen LogP contribution in [0.15, 0.2) is 0 Å². The summed E-state index contributed by atoms with van der Waals surface area (Å²) in [6.07, 6.45) is 41.8. The van der Waals surface area contributed by atoms with Crippen LogP contribution < -0.4 is 0 Å². The Morgan fingerprint density at radius 1 is 0.475 bits per heavy atom. The van der Waals surface area contributed by atoms with Gasteiger partial charge >= 0.3 is 5.97 Å². The molecule has 1 unspecified atom stereocenters. The van der Waals surface area contributed by atoms with E-state index < -0.39 is 0 Å². The zero-order valence-electron chi connectivity index (χ0n) is 27.4. The molecule has 0 bridgehead atoms. The molecule has 0 rings (SSSR count). The van der Waals surface area contributed by atoms with Crippen molar-refractivity contribution in [1.82, 2.24) is 0 Å². The molecular formula is C37H71O3. The van der Waals surface area contributed by atoms with E-state index in [-0.39, 0.29) is 18.5 Å². The highest BCUT2D eigenvalue weighted by molar-refractivity contribution is 5.69. The van der Waals surface area contributed by atoms with E-state index in [1.165, 1.54) is 167 Å². The predicted molar refractivity (Wildman–Crippen MR) is 175 cm³/mol. The lowest BCUT2D eigenvalue weighted by Crippen LogP contribution is -2.18. The fourth-order valence-corrected chi connectivity index (χ4v) is 5.75. The SMILES string of the molecule is CCCCCCCCCCCCCCCCCCCCCC(=O)OC(C[C]=O)CCCCCCCCCCCC. The predicted octanol–water partition coefficient (Wildman–Crippen LogP) is 12.5. The minimum absolute atomic E-state index is 0.126. The van der Waals surface area contributed by atoms with Crippen molar-refractivity contribution < 1.29 is 14.3 Å². The average molecular weight is 564 g/mol. The highest BCUT2D eigenvalue weighted by atomic mass is 16.5. The minimum Gasteiger partial charge on any atom is -0.462 e. The summed E-state index contributed by atoms with van der Waals surface area (Å²) in [4.78, 5) is 23.1. The molecule has 0 amide bonds. The Hall–Kier alpha value is -0.860. The number of rotatable bonds is 34. The average Bonchev–Trinajstić information content (AvgIpc) is 2.95. The highest BCUT2D eigenvalue weighted by Gasteiger charge is 2.14. The lowest BCUT2D eigenvalue weighted by molar-refractivity contribution is -0.149. The van der Waals surface area contributed by atoms with Gasteiger partial charge in [0.05, 0.1) is 6.42 Å². The molecule has 0 aliphatic heterocycles.